The lowest BCUT2D eigenvalue weighted by atomic mass is 10.1. The monoisotopic (exact) mass is 393 g/mol. The van der Waals surface area contributed by atoms with Crippen molar-refractivity contribution in [3.05, 3.63) is 66.2 Å². The number of benzene rings is 3. The highest BCUT2D eigenvalue weighted by molar-refractivity contribution is 7.89. The van der Waals surface area contributed by atoms with Gasteiger partial charge < -0.3 is 9.47 Å². The van der Waals surface area contributed by atoms with Gasteiger partial charge in [-0.1, -0.05) is 36.4 Å². The number of hydrogen-bond donors (Lipinski definition) is 1. The highest BCUT2D eigenvalue weighted by atomic mass is 32.2. The quantitative estimate of drug-likeness (QED) is 0.661. The summed E-state index contributed by atoms with van der Waals surface area (Å²) in [5.74, 6) is -0.0219. The lowest BCUT2D eigenvalue weighted by Crippen LogP contribution is -2.23. The molecule has 0 aliphatic heterocycles. The van der Waals surface area contributed by atoms with Crippen molar-refractivity contribution in [1.29, 1.82) is 0 Å². The fourth-order valence-corrected chi connectivity index (χ4v) is 3.66. The minimum absolute atomic E-state index is 0.0273. The van der Waals surface area contributed by atoms with Gasteiger partial charge in [-0.05, 0) is 40.6 Å². The molecule has 0 saturated heterocycles. The van der Waals surface area contributed by atoms with E-state index in [0.29, 0.717) is 5.56 Å². The van der Waals surface area contributed by atoms with Gasteiger partial charge in [0.25, 0.3) is 0 Å². The smallest absolute Gasteiger partial charge is 0.387 e. The summed E-state index contributed by atoms with van der Waals surface area (Å²) < 4.78 is 61.7. The van der Waals surface area contributed by atoms with Crippen LogP contribution in [0.25, 0.3) is 10.8 Å². The van der Waals surface area contributed by atoms with Gasteiger partial charge in [0.05, 0.1) is 12.0 Å². The number of ether oxygens (including phenoxy) is 2. The molecule has 0 unspecified atom stereocenters. The van der Waals surface area contributed by atoms with Crippen molar-refractivity contribution in [2.75, 3.05) is 7.11 Å². The lowest BCUT2D eigenvalue weighted by Gasteiger charge is -2.12. The molecule has 142 valence electrons. The van der Waals surface area contributed by atoms with Crippen LogP contribution in [0.2, 0.25) is 0 Å². The van der Waals surface area contributed by atoms with E-state index in [9.17, 15) is 17.2 Å². The first-order valence-electron chi connectivity index (χ1n) is 7.99. The summed E-state index contributed by atoms with van der Waals surface area (Å²) in [7, 11) is -2.42. The van der Waals surface area contributed by atoms with Gasteiger partial charge in [0.1, 0.15) is 0 Å². The van der Waals surface area contributed by atoms with Crippen molar-refractivity contribution < 1.29 is 26.7 Å². The molecule has 0 aliphatic rings. The first-order valence-corrected chi connectivity index (χ1v) is 9.47. The summed E-state index contributed by atoms with van der Waals surface area (Å²) in [4.78, 5) is 0.144. The van der Waals surface area contributed by atoms with Gasteiger partial charge >= 0.3 is 6.61 Å². The maximum absolute atomic E-state index is 12.5. The first kappa shape index (κ1) is 19.1. The molecule has 1 N–H and O–H groups in total. The van der Waals surface area contributed by atoms with E-state index in [1.165, 1.54) is 31.4 Å². The molecule has 0 spiro atoms. The first-order chi connectivity index (χ1) is 12.9. The predicted octanol–water partition coefficient (Wildman–Crippen LogP) is 3.93. The van der Waals surface area contributed by atoms with Gasteiger partial charge in [-0.15, -0.1) is 0 Å². The zero-order valence-corrected chi connectivity index (χ0v) is 15.2. The molecule has 8 heteroatoms. The maximum Gasteiger partial charge on any atom is 0.387 e. The molecule has 0 aliphatic carbocycles. The fraction of sp³-hybridized carbons (Fsp3) is 0.158. The number of nitrogens with one attached hydrogen (secondary N) is 1. The number of alkyl halides is 2. The highest BCUT2D eigenvalue weighted by Crippen LogP contribution is 2.29. The Morgan fingerprint density at radius 2 is 1.70 bits per heavy atom. The molecule has 0 fully saturated rings. The molecule has 0 heterocycles. The third-order valence-electron chi connectivity index (χ3n) is 3.94. The Bertz CT molecular complexity index is 1050. The van der Waals surface area contributed by atoms with E-state index in [2.05, 4.69) is 9.46 Å². The van der Waals surface area contributed by atoms with Crippen molar-refractivity contribution >= 4 is 20.8 Å². The van der Waals surface area contributed by atoms with Crippen LogP contribution in [0.3, 0.4) is 0 Å². The van der Waals surface area contributed by atoms with Gasteiger partial charge in [0, 0.05) is 6.54 Å². The second-order valence-electron chi connectivity index (χ2n) is 5.70. The van der Waals surface area contributed by atoms with Crippen molar-refractivity contribution in [2.45, 2.75) is 18.1 Å². The van der Waals surface area contributed by atoms with Crippen LogP contribution in [0.4, 0.5) is 8.78 Å². The molecule has 5 nitrogen and oxygen atoms in total. The fourth-order valence-electron chi connectivity index (χ4n) is 2.61. The summed E-state index contributed by atoms with van der Waals surface area (Å²) >= 11 is 0. The minimum Gasteiger partial charge on any atom is -0.493 e. The molecule has 0 radical (unpaired) electrons. The number of sulfonamides is 1. The van der Waals surface area contributed by atoms with E-state index in [-0.39, 0.29) is 22.9 Å². The van der Waals surface area contributed by atoms with Gasteiger partial charge in [-0.3, -0.25) is 0 Å². The number of halogens is 2. The predicted molar refractivity (Wildman–Crippen MR) is 97.6 cm³/mol. The second kappa shape index (κ2) is 7.89. The zero-order chi connectivity index (χ0) is 19.4. The van der Waals surface area contributed by atoms with Crippen LogP contribution in [0.5, 0.6) is 11.5 Å². The molecule has 0 aromatic heterocycles. The van der Waals surface area contributed by atoms with Crippen molar-refractivity contribution in [3.63, 3.8) is 0 Å². The normalized spacial score (nSPS) is 11.7. The van der Waals surface area contributed by atoms with Gasteiger partial charge in [0.15, 0.2) is 11.5 Å². The minimum atomic E-state index is -3.74. The Kier molecular flexibility index (Phi) is 5.57. The molecule has 27 heavy (non-hydrogen) atoms. The van der Waals surface area contributed by atoms with Crippen LogP contribution in [0.1, 0.15) is 5.56 Å². The highest BCUT2D eigenvalue weighted by Gasteiger charge is 2.16. The Morgan fingerprint density at radius 1 is 0.963 bits per heavy atom. The van der Waals surface area contributed by atoms with Crippen molar-refractivity contribution in [1.82, 2.24) is 4.72 Å². The number of methoxy groups -OCH3 is 1. The molecule has 3 aromatic rings. The van der Waals surface area contributed by atoms with E-state index in [4.69, 9.17) is 4.74 Å². The molecule has 0 atom stereocenters. The summed E-state index contributed by atoms with van der Waals surface area (Å²) in [6, 6.07) is 16.6. The van der Waals surface area contributed by atoms with E-state index >= 15 is 0 Å². The van der Waals surface area contributed by atoms with Gasteiger partial charge in [-0.2, -0.15) is 8.78 Å². The number of hydrogen-bond acceptors (Lipinski definition) is 4. The van der Waals surface area contributed by atoms with E-state index in [1.807, 2.05) is 24.3 Å². The molecule has 0 bridgehead atoms. The van der Waals surface area contributed by atoms with Crippen molar-refractivity contribution in [2.24, 2.45) is 0 Å². The van der Waals surface area contributed by atoms with Crippen molar-refractivity contribution in [3.8, 4) is 11.5 Å². The number of fused-ring (bicyclic) bond motifs is 1. The summed E-state index contributed by atoms with van der Waals surface area (Å²) in [6.45, 7) is -3.00. The molecule has 3 aromatic carbocycles. The standard InChI is InChI=1S/C19H17F2NO4S/c1-25-18-10-13(6-9-17(18)26-19(20)21)12-22-27(23,24)16-8-7-14-4-2-3-5-15(14)11-16/h2-11,19,22H,12H2,1H3. The largest absolute Gasteiger partial charge is 0.493 e. The zero-order valence-electron chi connectivity index (χ0n) is 14.4. The third-order valence-corrected chi connectivity index (χ3v) is 5.34. The Hall–Kier alpha value is -2.71. The van der Waals surface area contributed by atoms with E-state index in [1.54, 1.807) is 12.1 Å². The Morgan fingerprint density at radius 3 is 2.41 bits per heavy atom. The second-order valence-corrected chi connectivity index (χ2v) is 7.46. The third kappa shape index (κ3) is 4.53. The van der Waals surface area contributed by atoms with Crippen LogP contribution < -0.4 is 14.2 Å². The van der Waals surface area contributed by atoms with Crippen LogP contribution in [-0.2, 0) is 16.6 Å². The Labute approximate surface area is 155 Å². The van der Waals surface area contributed by atoms with Crippen LogP contribution in [-0.4, -0.2) is 22.1 Å². The molecular formula is C19H17F2NO4S. The molecule has 0 amide bonds. The average molecular weight is 393 g/mol. The topological polar surface area (TPSA) is 64.6 Å². The summed E-state index contributed by atoms with van der Waals surface area (Å²) in [6.07, 6.45) is 0. The SMILES string of the molecule is COc1cc(CNS(=O)(=O)c2ccc3ccccc3c2)ccc1OC(F)F. The molecule has 0 saturated carbocycles. The summed E-state index contributed by atoms with van der Waals surface area (Å²) in [5.41, 5.74) is 0.540. The van der Waals surface area contributed by atoms with E-state index < -0.39 is 16.6 Å². The molecule has 3 rings (SSSR count). The lowest BCUT2D eigenvalue weighted by molar-refractivity contribution is -0.0512. The summed E-state index contributed by atoms with van der Waals surface area (Å²) in [5, 5.41) is 1.76. The van der Waals surface area contributed by atoms with Gasteiger partial charge in [-0.25, -0.2) is 13.1 Å². The number of rotatable bonds is 7. The van der Waals surface area contributed by atoms with Gasteiger partial charge in [0.2, 0.25) is 10.0 Å². The Balaban J connectivity index is 1.78. The van der Waals surface area contributed by atoms with Crippen LogP contribution in [0.15, 0.2) is 65.6 Å². The maximum atomic E-state index is 12.5. The molecular weight excluding hydrogens is 376 g/mol. The average Bonchev–Trinajstić information content (AvgIpc) is 2.66. The van der Waals surface area contributed by atoms with Crippen LogP contribution in [0, 0.1) is 0 Å². The van der Waals surface area contributed by atoms with Crippen LogP contribution >= 0.6 is 0 Å². The van der Waals surface area contributed by atoms with E-state index in [0.717, 1.165) is 10.8 Å².